The number of hydrogen-bond acceptors (Lipinski definition) is 3. The van der Waals surface area contributed by atoms with Gasteiger partial charge in [0.05, 0.1) is 12.8 Å². The summed E-state index contributed by atoms with van der Waals surface area (Å²) in [6.07, 6.45) is 0. The van der Waals surface area contributed by atoms with Gasteiger partial charge in [0.25, 0.3) is 0 Å². The van der Waals surface area contributed by atoms with Gasteiger partial charge in [0.2, 0.25) is 0 Å². The number of benzene rings is 2. The summed E-state index contributed by atoms with van der Waals surface area (Å²) in [6, 6.07) is 13.9. The first-order valence-corrected chi connectivity index (χ1v) is 5.75. The van der Waals surface area contributed by atoms with Crippen LogP contribution in [0.4, 0.5) is 21.9 Å². The Bertz CT molecular complexity index is 570. The molecule has 0 radical (unpaired) electrons. The maximum absolute atomic E-state index is 11.8. The number of ether oxygens (including phenoxy) is 1. The number of nitrogens with two attached hydrogens (primary N) is 1. The molecule has 0 aliphatic rings. The maximum atomic E-state index is 11.8. The molecule has 2 amide bonds. The summed E-state index contributed by atoms with van der Waals surface area (Å²) in [6.45, 7) is 0. The average Bonchev–Trinajstić information content (AvgIpc) is 2.40. The molecule has 0 aliphatic heterocycles. The van der Waals surface area contributed by atoms with Crippen LogP contribution in [0.25, 0.3) is 0 Å². The molecule has 5 heteroatoms. The normalized spacial score (nSPS) is 9.74. The van der Waals surface area contributed by atoms with Crippen LogP contribution in [-0.4, -0.2) is 13.1 Å². The third-order valence-electron chi connectivity index (χ3n) is 2.50. The molecular formula is C14H15N3O2. The predicted molar refractivity (Wildman–Crippen MR) is 76.5 cm³/mol. The molecule has 0 bridgehead atoms. The summed E-state index contributed by atoms with van der Waals surface area (Å²) in [5.41, 5.74) is 7.47. The van der Waals surface area contributed by atoms with E-state index in [1.54, 1.807) is 30.3 Å². The van der Waals surface area contributed by atoms with Crippen molar-refractivity contribution >= 4 is 23.1 Å². The van der Waals surface area contributed by atoms with E-state index >= 15 is 0 Å². The molecule has 0 aliphatic carbocycles. The number of nitrogens with one attached hydrogen (secondary N) is 2. The van der Waals surface area contributed by atoms with Crippen LogP contribution in [0.1, 0.15) is 0 Å². The molecule has 0 saturated heterocycles. The van der Waals surface area contributed by atoms with Gasteiger partial charge in [0.15, 0.2) is 0 Å². The van der Waals surface area contributed by atoms with Crippen LogP contribution in [0.2, 0.25) is 0 Å². The lowest BCUT2D eigenvalue weighted by atomic mass is 10.2. The molecule has 0 fully saturated rings. The minimum Gasteiger partial charge on any atom is -0.495 e. The van der Waals surface area contributed by atoms with Crippen molar-refractivity contribution in [3.63, 3.8) is 0 Å². The van der Waals surface area contributed by atoms with Crippen molar-refractivity contribution in [2.75, 3.05) is 23.5 Å². The highest BCUT2D eigenvalue weighted by molar-refractivity contribution is 6.00. The fraction of sp³-hybridized carbons (Fsp3) is 0.0714. The summed E-state index contributed by atoms with van der Waals surface area (Å²) in [5.74, 6) is 0.553. The van der Waals surface area contributed by atoms with Crippen LogP contribution in [0.3, 0.4) is 0 Å². The molecule has 0 atom stereocenters. The van der Waals surface area contributed by atoms with Crippen LogP contribution in [-0.2, 0) is 0 Å². The summed E-state index contributed by atoms with van der Waals surface area (Å²) >= 11 is 0. The molecule has 2 rings (SSSR count). The maximum Gasteiger partial charge on any atom is 0.323 e. The van der Waals surface area contributed by atoms with Crippen LogP contribution < -0.4 is 21.1 Å². The monoisotopic (exact) mass is 257 g/mol. The van der Waals surface area contributed by atoms with Gasteiger partial charge in [-0.15, -0.1) is 0 Å². The van der Waals surface area contributed by atoms with Crippen LogP contribution in [0.15, 0.2) is 48.5 Å². The lowest BCUT2D eigenvalue weighted by Gasteiger charge is -2.11. The van der Waals surface area contributed by atoms with Gasteiger partial charge in [0, 0.05) is 11.4 Å². The van der Waals surface area contributed by atoms with Crippen molar-refractivity contribution in [3.8, 4) is 5.75 Å². The average molecular weight is 257 g/mol. The number of rotatable bonds is 3. The van der Waals surface area contributed by atoms with E-state index in [9.17, 15) is 4.79 Å². The van der Waals surface area contributed by atoms with Crippen LogP contribution in [0, 0.1) is 0 Å². The van der Waals surface area contributed by atoms with Crippen molar-refractivity contribution < 1.29 is 9.53 Å². The van der Waals surface area contributed by atoms with E-state index in [1.807, 2.05) is 18.2 Å². The molecule has 2 aromatic carbocycles. The molecule has 0 saturated carbocycles. The Morgan fingerprint density at radius 1 is 1.11 bits per heavy atom. The van der Waals surface area contributed by atoms with E-state index in [4.69, 9.17) is 10.5 Å². The van der Waals surface area contributed by atoms with Crippen molar-refractivity contribution in [3.05, 3.63) is 48.5 Å². The van der Waals surface area contributed by atoms with E-state index in [1.165, 1.54) is 7.11 Å². The second kappa shape index (κ2) is 5.77. The zero-order chi connectivity index (χ0) is 13.7. The summed E-state index contributed by atoms with van der Waals surface area (Å²) in [4.78, 5) is 11.8. The first kappa shape index (κ1) is 12.8. The Kier molecular flexibility index (Phi) is 3.87. The van der Waals surface area contributed by atoms with Gasteiger partial charge >= 0.3 is 6.03 Å². The summed E-state index contributed by atoms with van der Waals surface area (Å²) in [7, 11) is 1.53. The number of carbonyl (C=O) groups excluding carboxylic acids is 1. The van der Waals surface area contributed by atoms with E-state index < -0.39 is 0 Å². The zero-order valence-electron chi connectivity index (χ0n) is 10.5. The molecule has 19 heavy (non-hydrogen) atoms. The summed E-state index contributed by atoms with van der Waals surface area (Å²) in [5, 5.41) is 5.41. The van der Waals surface area contributed by atoms with Crippen LogP contribution in [0.5, 0.6) is 5.75 Å². The van der Waals surface area contributed by atoms with E-state index in [-0.39, 0.29) is 6.03 Å². The number of amides is 2. The minimum atomic E-state index is -0.352. The molecule has 4 N–H and O–H groups in total. The van der Waals surface area contributed by atoms with Gasteiger partial charge in [-0.1, -0.05) is 18.2 Å². The van der Waals surface area contributed by atoms with Crippen LogP contribution >= 0.6 is 0 Å². The fourth-order valence-electron chi connectivity index (χ4n) is 1.63. The molecule has 0 heterocycles. The molecule has 98 valence electrons. The number of nitrogen functional groups attached to an aromatic ring is 1. The highest BCUT2D eigenvalue weighted by Gasteiger charge is 2.07. The number of carbonyl (C=O) groups is 1. The molecule has 0 unspecified atom stereocenters. The van der Waals surface area contributed by atoms with Gasteiger partial charge in [0.1, 0.15) is 5.75 Å². The minimum absolute atomic E-state index is 0.352. The molecule has 2 aromatic rings. The molecular weight excluding hydrogens is 242 g/mol. The second-order valence-electron chi connectivity index (χ2n) is 3.90. The van der Waals surface area contributed by atoms with Gasteiger partial charge in [-0.3, -0.25) is 0 Å². The van der Waals surface area contributed by atoms with Gasteiger partial charge in [-0.2, -0.15) is 0 Å². The molecule has 0 aromatic heterocycles. The Labute approximate surface area is 111 Å². The number of anilines is 3. The van der Waals surface area contributed by atoms with Gasteiger partial charge in [-0.05, 0) is 30.3 Å². The van der Waals surface area contributed by atoms with E-state index in [2.05, 4.69) is 10.6 Å². The third kappa shape index (κ3) is 3.38. The van der Waals surface area contributed by atoms with Crippen molar-refractivity contribution in [1.29, 1.82) is 0 Å². The Morgan fingerprint density at radius 3 is 2.53 bits per heavy atom. The largest absolute Gasteiger partial charge is 0.495 e. The molecule has 0 spiro atoms. The first-order chi connectivity index (χ1) is 9.19. The zero-order valence-corrected chi connectivity index (χ0v) is 10.5. The Balaban J connectivity index is 2.09. The standard InChI is InChI=1S/C14H15N3O2/c1-19-13-8-7-10(15)9-12(13)17-14(18)16-11-5-3-2-4-6-11/h2-9H,15H2,1H3,(H2,16,17,18). The highest BCUT2D eigenvalue weighted by atomic mass is 16.5. The smallest absolute Gasteiger partial charge is 0.323 e. The number of para-hydroxylation sites is 1. The topological polar surface area (TPSA) is 76.4 Å². The second-order valence-corrected chi connectivity index (χ2v) is 3.90. The van der Waals surface area contributed by atoms with Gasteiger partial charge < -0.3 is 21.1 Å². The summed E-state index contributed by atoms with van der Waals surface area (Å²) < 4.78 is 5.15. The number of urea groups is 1. The van der Waals surface area contributed by atoms with Crippen molar-refractivity contribution in [1.82, 2.24) is 0 Å². The van der Waals surface area contributed by atoms with E-state index in [0.29, 0.717) is 22.8 Å². The quantitative estimate of drug-likeness (QED) is 0.740. The van der Waals surface area contributed by atoms with Crippen molar-refractivity contribution in [2.24, 2.45) is 0 Å². The lowest BCUT2D eigenvalue weighted by Crippen LogP contribution is -2.19. The van der Waals surface area contributed by atoms with Gasteiger partial charge in [-0.25, -0.2) is 4.79 Å². The SMILES string of the molecule is COc1ccc(N)cc1NC(=O)Nc1ccccc1. The van der Waals surface area contributed by atoms with Crippen molar-refractivity contribution in [2.45, 2.75) is 0 Å². The fourth-order valence-corrected chi connectivity index (χ4v) is 1.63. The number of hydrogen-bond donors (Lipinski definition) is 3. The lowest BCUT2D eigenvalue weighted by molar-refractivity contribution is 0.262. The van der Waals surface area contributed by atoms with E-state index in [0.717, 1.165) is 0 Å². The third-order valence-corrected chi connectivity index (χ3v) is 2.50. The Hall–Kier alpha value is -2.69. The Morgan fingerprint density at radius 2 is 1.84 bits per heavy atom. The first-order valence-electron chi connectivity index (χ1n) is 5.75. The number of methoxy groups -OCH3 is 1. The highest BCUT2D eigenvalue weighted by Crippen LogP contribution is 2.26. The molecule has 5 nitrogen and oxygen atoms in total. The predicted octanol–water partition coefficient (Wildman–Crippen LogP) is 2.92.